The molecule has 16 heavy (non-hydrogen) atoms. The first kappa shape index (κ1) is 12.8. The van der Waals surface area contributed by atoms with Crippen LogP contribution in [-0.4, -0.2) is 21.3 Å². The Morgan fingerprint density at radius 3 is 2.06 bits per heavy atom. The minimum Gasteiger partial charge on any atom is -0.496 e. The third-order valence-corrected chi connectivity index (χ3v) is 2.47. The van der Waals surface area contributed by atoms with Crippen LogP contribution in [0, 0.1) is 0 Å². The van der Waals surface area contributed by atoms with E-state index in [9.17, 15) is 0 Å². The van der Waals surface area contributed by atoms with Crippen molar-refractivity contribution in [2.75, 3.05) is 21.3 Å². The molecule has 0 radical (unpaired) electrons. The van der Waals surface area contributed by atoms with Crippen molar-refractivity contribution < 1.29 is 14.3 Å². The van der Waals surface area contributed by atoms with E-state index in [1.807, 2.05) is 12.1 Å². The molecule has 4 nitrogen and oxygen atoms in total. The summed E-state index contributed by atoms with van der Waals surface area (Å²) in [6, 6.07) is 3.98. The topological polar surface area (TPSA) is 39.7 Å². The zero-order valence-electron chi connectivity index (χ0n) is 10.3. The molecule has 0 atom stereocenters. The van der Waals surface area contributed by atoms with Crippen LogP contribution in [0.2, 0.25) is 0 Å². The third kappa shape index (κ3) is 2.87. The van der Waals surface area contributed by atoms with Gasteiger partial charge in [0.1, 0.15) is 11.5 Å². The SMILES string of the molecule is CCc1cc(OC)c(CNOC)cc1OC. The van der Waals surface area contributed by atoms with E-state index in [2.05, 4.69) is 12.4 Å². The highest BCUT2D eigenvalue weighted by Crippen LogP contribution is 2.29. The predicted molar refractivity (Wildman–Crippen MR) is 62.8 cm³/mol. The number of hydrogen-bond donors (Lipinski definition) is 1. The molecule has 1 N–H and O–H groups in total. The molecule has 0 aliphatic heterocycles. The van der Waals surface area contributed by atoms with Crippen molar-refractivity contribution in [2.24, 2.45) is 0 Å². The zero-order valence-corrected chi connectivity index (χ0v) is 10.3. The molecule has 0 bridgehead atoms. The Morgan fingerprint density at radius 1 is 1.00 bits per heavy atom. The van der Waals surface area contributed by atoms with Gasteiger partial charge >= 0.3 is 0 Å². The molecular formula is C12H19NO3. The lowest BCUT2D eigenvalue weighted by Gasteiger charge is -2.14. The number of hydrogen-bond acceptors (Lipinski definition) is 4. The van der Waals surface area contributed by atoms with Crippen LogP contribution in [0.5, 0.6) is 11.5 Å². The van der Waals surface area contributed by atoms with Crippen LogP contribution in [0.25, 0.3) is 0 Å². The highest BCUT2D eigenvalue weighted by atomic mass is 16.6. The van der Waals surface area contributed by atoms with Crippen molar-refractivity contribution in [3.8, 4) is 11.5 Å². The first-order valence-electron chi connectivity index (χ1n) is 5.26. The van der Waals surface area contributed by atoms with Gasteiger partial charge in [0.2, 0.25) is 0 Å². The van der Waals surface area contributed by atoms with Crippen molar-refractivity contribution in [2.45, 2.75) is 19.9 Å². The summed E-state index contributed by atoms with van der Waals surface area (Å²) in [6.45, 7) is 2.67. The summed E-state index contributed by atoms with van der Waals surface area (Å²) in [5.74, 6) is 1.73. The van der Waals surface area contributed by atoms with E-state index in [1.165, 1.54) is 0 Å². The van der Waals surface area contributed by atoms with Gasteiger partial charge in [-0.3, -0.25) is 0 Å². The summed E-state index contributed by atoms with van der Waals surface area (Å²) < 4.78 is 10.7. The number of ether oxygens (including phenoxy) is 2. The quantitative estimate of drug-likeness (QED) is 0.751. The van der Waals surface area contributed by atoms with E-state index < -0.39 is 0 Å². The van der Waals surface area contributed by atoms with Gasteiger partial charge in [-0.15, -0.1) is 0 Å². The summed E-state index contributed by atoms with van der Waals surface area (Å²) in [4.78, 5) is 4.83. The van der Waals surface area contributed by atoms with E-state index in [0.29, 0.717) is 6.54 Å². The molecular weight excluding hydrogens is 206 g/mol. The minimum absolute atomic E-state index is 0.583. The molecule has 1 aromatic carbocycles. The Labute approximate surface area is 96.5 Å². The Kier molecular flexibility index (Phi) is 5.08. The largest absolute Gasteiger partial charge is 0.496 e. The van der Waals surface area contributed by atoms with Crippen molar-refractivity contribution in [3.05, 3.63) is 23.3 Å². The van der Waals surface area contributed by atoms with E-state index in [-0.39, 0.29) is 0 Å². The van der Waals surface area contributed by atoms with Gasteiger partial charge in [-0.1, -0.05) is 6.92 Å². The maximum absolute atomic E-state index is 5.33. The number of nitrogens with one attached hydrogen (secondary N) is 1. The van der Waals surface area contributed by atoms with Gasteiger partial charge in [0, 0.05) is 12.1 Å². The lowest BCUT2D eigenvalue weighted by molar-refractivity contribution is 0.0861. The van der Waals surface area contributed by atoms with Gasteiger partial charge in [0.05, 0.1) is 21.3 Å². The predicted octanol–water partition coefficient (Wildman–Crippen LogP) is 1.92. The smallest absolute Gasteiger partial charge is 0.123 e. The molecule has 0 spiro atoms. The maximum Gasteiger partial charge on any atom is 0.123 e. The van der Waals surface area contributed by atoms with Gasteiger partial charge < -0.3 is 14.3 Å². The summed E-state index contributed by atoms with van der Waals surface area (Å²) in [6.07, 6.45) is 0.914. The van der Waals surface area contributed by atoms with Crippen molar-refractivity contribution >= 4 is 0 Å². The molecule has 0 saturated heterocycles. The van der Waals surface area contributed by atoms with Crippen LogP contribution >= 0.6 is 0 Å². The molecule has 4 heteroatoms. The van der Waals surface area contributed by atoms with Crippen LogP contribution in [0.3, 0.4) is 0 Å². The second kappa shape index (κ2) is 6.35. The first-order valence-corrected chi connectivity index (χ1v) is 5.26. The minimum atomic E-state index is 0.583. The van der Waals surface area contributed by atoms with E-state index >= 15 is 0 Å². The Bertz CT molecular complexity index is 339. The van der Waals surface area contributed by atoms with Crippen LogP contribution < -0.4 is 15.0 Å². The number of rotatable bonds is 6. The lowest BCUT2D eigenvalue weighted by Crippen LogP contribution is -2.12. The average molecular weight is 225 g/mol. The zero-order chi connectivity index (χ0) is 12.0. The van der Waals surface area contributed by atoms with Crippen LogP contribution in [0.1, 0.15) is 18.1 Å². The fraction of sp³-hybridized carbons (Fsp3) is 0.500. The molecule has 90 valence electrons. The molecule has 1 aromatic rings. The Morgan fingerprint density at radius 2 is 1.56 bits per heavy atom. The van der Waals surface area contributed by atoms with Crippen molar-refractivity contribution in [1.29, 1.82) is 0 Å². The molecule has 0 saturated carbocycles. The molecule has 0 aromatic heterocycles. The molecule has 0 aliphatic rings. The van der Waals surface area contributed by atoms with Crippen LogP contribution in [0.15, 0.2) is 12.1 Å². The Balaban J connectivity index is 3.05. The van der Waals surface area contributed by atoms with Gasteiger partial charge in [-0.05, 0) is 24.1 Å². The lowest BCUT2D eigenvalue weighted by atomic mass is 10.1. The first-order chi connectivity index (χ1) is 7.76. The summed E-state index contributed by atoms with van der Waals surface area (Å²) >= 11 is 0. The fourth-order valence-corrected chi connectivity index (χ4v) is 1.59. The third-order valence-electron chi connectivity index (χ3n) is 2.47. The van der Waals surface area contributed by atoms with E-state index in [4.69, 9.17) is 14.3 Å². The van der Waals surface area contributed by atoms with Crippen molar-refractivity contribution in [3.63, 3.8) is 0 Å². The van der Waals surface area contributed by atoms with Gasteiger partial charge in [0.25, 0.3) is 0 Å². The molecule has 0 aliphatic carbocycles. The monoisotopic (exact) mass is 225 g/mol. The second-order valence-electron chi connectivity index (χ2n) is 3.35. The van der Waals surface area contributed by atoms with Gasteiger partial charge in [-0.2, -0.15) is 5.48 Å². The number of aryl methyl sites for hydroxylation is 1. The highest BCUT2D eigenvalue weighted by Gasteiger charge is 2.09. The van der Waals surface area contributed by atoms with Crippen LogP contribution in [0.4, 0.5) is 0 Å². The fourth-order valence-electron chi connectivity index (χ4n) is 1.59. The molecule has 0 amide bonds. The van der Waals surface area contributed by atoms with Crippen molar-refractivity contribution in [1.82, 2.24) is 5.48 Å². The highest BCUT2D eigenvalue weighted by molar-refractivity contribution is 5.46. The number of benzene rings is 1. The molecule has 0 fully saturated rings. The normalized spacial score (nSPS) is 10.2. The molecule has 0 heterocycles. The van der Waals surface area contributed by atoms with Gasteiger partial charge in [-0.25, -0.2) is 0 Å². The van der Waals surface area contributed by atoms with Crippen LogP contribution in [-0.2, 0) is 17.8 Å². The molecule has 0 unspecified atom stereocenters. The van der Waals surface area contributed by atoms with E-state index in [0.717, 1.165) is 29.0 Å². The summed E-state index contributed by atoms with van der Waals surface area (Å²) in [5, 5.41) is 0. The second-order valence-corrected chi connectivity index (χ2v) is 3.35. The number of methoxy groups -OCH3 is 2. The van der Waals surface area contributed by atoms with Gasteiger partial charge in [0.15, 0.2) is 0 Å². The maximum atomic E-state index is 5.33. The van der Waals surface area contributed by atoms with E-state index in [1.54, 1.807) is 21.3 Å². The average Bonchev–Trinajstić information content (AvgIpc) is 2.35. The Hall–Kier alpha value is -1.26. The standard InChI is InChI=1S/C12H19NO3/c1-5-9-6-12(15-3)10(8-13-16-4)7-11(9)14-2/h6-7,13H,5,8H2,1-4H3. The molecule has 1 rings (SSSR count). The summed E-state index contributed by atoms with van der Waals surface area (Å²) in [7, 11) is 4.93. The summed E-state index contributed by atoms with van der Waals surface area (Å²) in [5.41, 5.74) is 4.94. The number of hydroxylamine groups is 1.